The van der Waals surface area contributed by atoms with Crippen molar-refractivity contribution in [3.8, 4) is 0 Å². The Morgan fingerprint density at radius 3 is 2.80 bits per heavy atom. The number of nitrogens with zero attached hydrogens (tertiary/aromatic N) is 3. The van der Waals surface area contributed by atoms with E-state index in [2.05, 4.69) is 28.4 Å². The van der Waals surface area contributed by atoms with Crippen molar-refractivity contribution in [2.24, 2.45) is 0 Å². The molecule has 0 aliphatic carbocycles. The smallest absolute Gasteiger partial charge is 0.313 e. The zero-order valence-corrected chi connectivity index (χ0v) is 13.3. The Hall–Kier alpha value is -1.34. The van der Waals surface area contributed by atoms with Crippen molar-refractivity contribution in [1.82, 2.24) is 14.5 Å². The van der Waals surface area contributed by atoms with Crippen molar-refractivity contribution in [1.29, 1.82) is 0 Å². The number of thiazole rings is 1. The molecule has 0 atom stereocenters. The number of rotatable bonds is 6. The van der Waals surface area contributed by atoms with Gasteiger partial charge >= 0.3 is 5.97 Å². The fourth-order valence-electron chi connectivity index (χ4n) is 1.85. The molecular weight excluding hydrogens is 294 g/mol. The summed E-state index contributed by atoms with van der Waals surface area (Å²) in [6, 6.07) is 0. The number of hydrogen-bond donors (Lipinski definition) is 1. The number of carbonyl (C=O) groups is 1. The molecule has 2 heterocycles. The van der Waals surface area contributed by atoms with E-state index in [0.29, 0.717) is 12.5 Å². The lowest BCUT2D eigenvalue weighted by Crippen LogP contribution is -2.08. The molecule has 0 unspecified atom stereocenters. The lowest BCUT2D eigenvalue weighted by atomic mass is 10.1. The van der Waals surface area contributed by atoms with Crippen molar-refractivity contribution in [3.05, 3.63) is 28.0 Å². The third kappa shape index (κ3) is 3.40. The minimum atomic E-state index is -0.829. The van der Waals surface area contributed by atoms with Crippen LogP contribution in [0.25, 0.3) is 0 Å². The summed E-state index contributed by atoms with van der Waals surface area (Å²) in [5.74, 6) is -0.463. The molecule has 7 heteroatoms. The Kier molecular flexibility index (Phi) is 4.82. The number of aromatic nitrogens is 3. The van der Waals surface area contributed by atoms with Crippen LogP contribution >= 0.6 is 23.1 Å². The van der Waals surface area contributed by atoms with Gasteiger partial charge in [0.2, 0.25) is 0 Å². The second-order valence-electron chi connectivity index (χ2n) is 4.75. The first kappa shape index (κ1) is 15.1. The van der Waals surface area contributed by atoms with Crippen molar-refractivity contribution < 1.29 is 9.90 Å². The van der Waals surface area contributed by atoms with E-state index in [1.165, 1.54) is 16.6 Å². The molecule has 5 nitrogen and oxygen atoms in total. The highest BCUT2D eigenvalue weighted by Crippen LogP contribution is 2.26. The standard InChI is InChI=1S/C13H17N3O2S2/c1-8(2)10-4-14-13(19-6-12(17)18)16(10)5-11-9(3)15-7-20-11/h4,7-8H,5-6H2,1-3H3,(H,17,18). The summed E-state index contributed by atoms with van der Waals surface area (Å²) in [5.41, 5.74) is 3.97. The van der Waals surface area contributed by atoms with Gasteiger partial charge in [-0.2, -0.15) is 0 Å². The van der Waals surface area contributed by atoms with Crippen LogP contribution in [0.1, 0.15) is 36.0 Å². The molecule has 20 heavy (non-hydrogen) atoms. The predicted molar refractivity (Wildman–Crippen MR) is 80.6 cm³/mol. The van der Waals surface area contributed by atoms with Gasteiger partial charge in [-0.1, -0.05) is 25.6 Å². The van der Waals surface area contributed by atoms with E-state index in [1.54, 1.807) is 11.3 Å². The van der Waals surface area contributed by atoms with Gasteiger partial charge in [0.05, 0.1) is 23.5 Å². The number of hydrogen-bond acceptors (Lipinski definition) is 5. The van der Waals surface area contributed by atoms with Crippen LogP contribution in [0.4, 0.5) is 0 Å². The van der Waals surface area contributed by atoms with Gasteiger partial charge in [0.25, 0.3) is 0 Å². The molecule has 0 saturated heterocycles. The van der Waals surface area contributed by atoms with Gasteiger partial charge in [-0.15, -0.1) is 11.3 Å². The summed E-state index contributed by atoms with van der Waals surface area (Å²) < 4.78 is 2.10. The normalized spacial score (nSPS) is 11.2. The van der Waals surface area contributed by atoms with Gasteiger partial charge in [0, 0.05) is 16.8 Å². The number of thioether (sulfide) groups is 1. The Morgan fingerprint density at radius 2 is 2.25 bits per heavy atom. The summed E-state index contributed by atoms with van der Waals surface area (Å²) in [6.07, 6.45) is 1.84. The SMILES string of the molecule is Cc1ncsc1Cn1c(C(C)C)cnc1SCC(=O)O. The quantitative estimate of drug-likeness (QED) is 0.831. The van der Waals surface area contributed by atoms with E-state index in [9.17, 15) is 4.79 Å². The highest BCUT2D eigenvalue weighted by atomic mass is 32.2. The number of aryl methyl sites for hydroxylation is 1. The largest absolute Gasteiger partial charge is 0.481 e. The fourth-order valence-corrected chi connectivity index (χ4v) is 3.32. The zero-order chi connectivity index (χ0) is 14.7. The summed E-state index contributed by atoms with van der Waals surface area (Å²) in [6.45, 7) is 6.91. The van der Waals surface area contributed by atoms with Gasteiger partial charge in [0.15, 0.2) is 5.16 Å². The lowest BCUT2D eigenvalue weighted by Gasteiger charge is -2.13. The molecule has 2 rings (SSSR count). The Labute approximate surface area is 126 Å². The molecule has 0 radical (unpaired) electrons. The molecule has 0 aliphatic heterocycles. The van der Waals surface area contributed by atoms with E-state index in [4.69, 9.17) is 5.11 Å². The Bertz CT molecular complexity index is 605. The fraction of sp³-hybridized carbons (Fsp3) is 0.462. The molecule has 0 spiro atoms. The van der Waals surface area contributed by atoms with Gasteiger partial charge in [-0.25, -0.2) is 9.97 Å². The molecule has 1 N–H and O–H groups in total. The second-order valence-corrected chi connectivity index (χ2v) is 6.63. The molecule has 2 aromatic heterocycles. The maximum atomic E-state index is 10.7. The van der Waals surface area contributed by atoms with Crippen molar-refractivity contribution in [2.45, 2.75) is 38.4 Å². The molecule has 0 amide bonds. The lowest BCUT2D eigenvalue weighted by molar-refractivity contribution is -0.133. The highest BCUT2D eigenvalue weighted by Gasteiger charge is 2.16. The molecule has 0 aliphatic rings. The number of aliphatic carboxylic acids is 1. The van der Waals surface area contributed by atoms with Crippen LogP contribution < -0.4 is 0 Å². The second kappa shape index (κ2) is 6.41. The van der Waals surface area contributed by atoms with E-state index in [1.807, 2.05) is 18.6 Å². The van der Waals surface area contributed by atoms with Gasteiger partial charge < -0.3 is 9.67 Å². The third-order valence-corrected chi connectivity index (χ3v) is 4.81. The van der Waals surface area contributed by atoms with E-state index in [-0.39, 0.29) is 5.75 Å². The van der Waals surface area contributed by atoms with Crippen molar-refractivity contribution in [3.63, 3.8) is 0 Å². The van der Waals surface area contributed by atoms with Crippen LogP contribution in [0.3, 0.4) is 0 Å². The van der Waals surface area contributed by atoms with Crippen LogP contribution in [-0.4, -0.2) is 31.4 Å². The molecule has 0 aromatic carbocycles. The average Bonchev–Trinajstić information content (AvgIpc) is 2.95. The van der Waals surface area contributed by atoms with E-state index >= 15 is 0 Å². The average molecular weight is 311 g/mol. The van der Waals surface area contributed by atoms with Crippen molar-refractivity contribution in [2.75, 3.05) is 5.75 Å². The number of carboxylic acid groups (broad SMARTS) is 1. The molecule has 0 bridgehead atoms. The number of imidazole rings is 1. The molecule has 0 saturated carbocycles. The van der Waals surface area contributed by atoms with Gasteiger partial charge in [-0.05, 0) is 12.8 Å². The summed E-state index contributed by atoms with van der Waals surface area (Å²) >= 11 is 2.87. The van der Waals surface area contributed by atoms with Crippen LogP contribution in [-0.2, 0) is 11.3 Å². The van der Waals surface area contributed by atoms with E-state index < -0.39 is 5.97 Å². The van der Waals surface area contributed by atoms with E-state index in [0.717, 1.165) is 16.5 Å². The first-order valence-electron chi connectivity index (χ1n) is 6.28. The Morgan fingerprint density at radius 1 is 1.50 bits per heavy atom. The highest BCUT2D eigenvalue weighted by molar-refractivity contribution is 7.99. The van der Waals surface area contributed by atoms with Gasteiger partial charge in [0.1, 0.15) is 0 Å². The first-order valence-corrected chi connectivity index (χ1v) is 8.14. The zero-order valence-electron chi connectivity index (χ0n) is 11.7. The minimum Gasteiger partial charge on any atom is -0.481 e. The van der Waals surface area contributed by atoms with Crippen LogP contribution in [0.2, 0.25) is 0 Å². The molecule has 108 valence electrons. The van der Waals surface area contributed by atoms with Crippen LogP contribution in [0.15, 0.2) is 16.9 Å². The summed E-state index contributed by atoms with van der Waals surface area (Å²) in [4.78, 5) is 20.5. The topological polar surface area (TPSA) is 68.0 Å². The minimum absolute atomic E-state index is 0.0240. The van der Waals surface area contributed by atoms with Crippen LogP contribution in [0, 0.1) is 6.92 Å². The van der Waals surface area contributed by atoms with Crippen molar-refractivity contribution >= 4 is 29.1 Å². The number of carboxylic acids is 1. The maximum absolute atomic E-state index is 10.7. The molecular formula is C13H17N3O2S2. The predicted octanol–water partition coefficient (Wildman–Crippen LogP) is 3.00. The third-order valence-electron chi connectivity index (χ3n) is 2.91. The first-order chi connectivity index (χ1) is 9.49. The molecule has 2 aromatic rings. The van der Waals surface area contributed by atoms with Crippen LogP contribution in [0.5, 0.6) is 0 Å². The Balaban J connectivity index is 2.29. The monoisotopic (exact) mass is 311 g/mol. The van der Waals surface area contributed by atoms with Gasteiger partial charge in [-0.3, -0.25) is 4.79 Å². The summed E-state index contributed by atoms with van der Waals surface area (Å²) in [7, 11) is 0. The molecule has 0 fully saturated rings. The summed E-state index contributed by atoms with van der Waals surface area (Å²) in [5, 5.41) is 9.57. The maximum Gasteiger partial charge on any atom is 0.313 e.